The molecule has 2 rings (SSSR count). The number of ether oxygens (including phenoxy) is 1. The molecule has 2 aromatic carbocycles. The second kappa shape index (κ2) is 7.48. The third-order valence-corrected chi connectivity index (χ3v) is 3.37. The fraction of sp³-hybridized carbons (Fsp3) is 0.278. The molecule has 0 saturated heterocycles. The zero-order valence-corrected chi connectivity index (χ0v) is 12.5. The van der Waals surface area contributed by atoms with Crippen LogP contribution >= 0.6 is 0 Å². The summed E-state index contributed by atoms with van der Waals surface area (Å²) in [6, 6.07) is 17.4. The van der Waals surface area contributed by atoms with E-state index in [0.717, 1.165) is 17.7 Å². The normalized spacial score (nSPS) is 11.7. The van der Waals surface area contributed by atoms with Crippen LogP contribution in [0, 0.1) is 0 Å². The summed E-state index contributed by atoms with van der Waals surface area (Å²) in [5.74, 6) is 0.549. The molecule has 0 aromatic heterocycles. The lowest BCUT2D eigenvalue weighted by Crippen LogP contribution is -2.21. The van der Waals surface area contributed by atoms with E-state index in [2.05, 4.69) is 5.32 Å². The van der Waals surface area contributed by atoms with Gasteiger partial charge in [0.25, 0.3) is 0 Å². The lowest BCUT2D eigenvalue weighted by molar-refractivity contribution is -0.117. The Hall–Kier alpha value is -2.29. The van der Waals surface area contributed by atoms with Gasteiger partial charge in [-0.2, -0.15) is 0 Å². The van der Waals surface area contributed by atoms with Crippen LogP contribution in [0.4, 0.5) is 5.69 Å². The molecule has 2 aromatic rings. The first-order valence-electron chi connectivity index (χ1n) is 7.33. The molecule has 1 atom stereocenters. The van der Waals surface area contributed by atoms with Gasteiger partial charge in [-0.05, 0) is 31.0 Å². The number of nitrogens with one attached hydrogen (secondary N) is 1. The summed E-state index contributed by atoms with van der Waals surface area (Å²) in [6.07, 6.45) is 0.757. The van der Waals surface area contributed by atoms with Crippen LogP contribution in [0.25, 0.3) is 0 Å². The number of anilines is 1. The van der Waals surface area contributed by atoms with Gasteiger partial charge in [-0.25, -0.2) is 0 Å². The van der Waals surface area contributed by atoms with Gasteiger partial charge in [0.15, 0.2) is 0 Å². The van der Waals surface area contributed by atoms with Crippen molar-refractivity contribution in [2.24, 2.45) is 0 Å². The molecule has 0 radical (unpaired) electrons. The first-order chi connectivity index (χ1) is 10.3. The molecule has 0 aliphatic rings. The van der Waals surface area contributed by atoms with Gasteiger partial charge in [0.1, 0.15) is 5.75 Å². The van der Waals surface area contributed by atoms with E-state index in [0.29, 0.717) is 12.4 Å². The van der Waals surface area contributed by atoms with E-state index in [-0.39, 0.29) is 11.8 Å². The van der Waals surface area contributed by atoms with Crippen molar-refractivity contribution in [3.63, 3.8) is 0 Å². The Labute approximate surface area is 126 Å². The van der Waals surface area contributed by atoms with Gasteiger partial charge in [0.2, 0.25) is 5.91 Å². The number of hydrogen-bond acceptors (Lipinski definition) is 2. The predicted molar refractivity (Wildman–Crippen MR) is 85.7 cm³/mol. The summed E-state index contributed by atoms with van der Waals surface area (Å²) in [5.41, 5.74) is 1.75. The Balaban J connectivity index is 2.17. The van der Waals surface area contributed by atoms with E-state index in [1.54, 1.807) is 0 Å². The van der Waals surface area contributed by atoms with E-state index in [1.165, 1.54) is 0 Å². The zero-order chi connectivity index (χ0) is 15.1. The van der Waals surface area contributed by atoms with Crippen LogP contribution < -0.4 is 10.1 Å². The predicted octanol–water partition coefficient (Wildman–Crippen LogP) is 4.22. The quantitative estimate of drug-likeness (QED) is 0.862. The molecule has 3 nitrogen and oxygen atoms in total. The summed E-state index contributed by atoms with van der Waals surface area (Å²) in [6.45, 7) is 4.52. The molecule has 1 N–H and O–H groups in total. The van der Waals surface area contributed by atoms with Crippen molar-refractivity contribution in [3.8, 4) is 5.75 Å². The van der Waals surface area contributed by atoms with E-state index < -0.39 is 0 Å². The van der Waals surface area contributed by atoms with Gasteiger partial charge in [0, 0.05) is 0 Å². The Morgan fingerprint density at radius 2 is 1.71 bits per heavy atom. The van der Waals surface area contributed by atoms with Crippen LogP contribution in [0.2, 0.25) is 0 Å². The van der Waals surface area contributed by atoms with Crippen LogP contribution in [0.3, 0.4) is 0 Å². The molecule has 0 spiro atoms. The van der Waals surface area contributed by atoms with Crippen LogP contribution in [-0.2, 0) is 4.79 Å². The highest BCUT2D eigenvalue weighted by atomic mass is 16.5. The molecule has 0 heterocycles. The first kappa shape index (κ1) is 15.1. The van der Waals surface area contributed by atoms with E-state index in [9.17, 15) is 4.79 Å². The zero-order valence-electron chi connectivity index (χ0n) is 12.5. The SMILES string of the molecule is CCOc1ccccc1NC(=O)[C@H](CC)c1ccccc1. The van der Waals surface area contributed by atoms with Crippen molar-refractivity contribution in [2.45, 2.75) is 26.2 Å². The number of benzene rings is 2. The minimum Gasteiger partial charge on any atom is -0.492 e. The summed E-state index contributed by atoms with van der Waals surface area (Å²) < 4.78 is 5.54. The Bertz CT molecular complexity index is 581. The van der Waals surface area contributed by atoms with Crippen LogP contribution in [-0.4, -0.2) is 12.5 Å². The smallest absolute Gasteiger partial charge is 0.232 e. The minimum absolute atomic E-state index is 0.00384. The Morgan fingerprint density at radius 1 is 1.05 bits per heavy atom. The number of carbonyl (C=O) groups is 1. The molecular weight excluding hydrogens is 262 g/mol. The van der Waals surface area contributed by atoms with Crippen molar-refractivity contribution in [2.75, 3.05) is 11.9 Å². The summed E-state index contributed by atoms with van der Waals surface area (Å²) in [5, 5.41) is 2.98. The molecule has 0 fully saturated rings. The molecule has 0 unspecified atom stereocenters. The maximum absolute atomic E-state index is 12.5. The van der Waals surface area contributed by atoms with Crippen molar-refractivity contribution < 1.29 is 9.53 Å². The first-order valence-corrected chi connectivity index (χ1v) is 7.33. The topological polar surface area (TPSA) is 38.3 Å². The fourth-order valence-corrected chi connectivity index (χ4v) is 2.33. The number of carbonyl (C=O) groups excluding carboxylic acids is 1. The van der Waals surface area contributed by atoms with E-state index in [1.807, 2.05) is 68.4 Å². The molecule has 0 aliphatic heterocycles. The monoisotopic (exact) mass is 283 g/mol. The van der Waals surface area contributed by atoms with Gasteiger partial charge < -0.3 is 10.1 Å². The molecule has 3 heteroatoms. The lowest BCUT2D eigenvalue weighted by Gasteiger charge is -2.17. The van der Waals surface area contributed by atoms with Gasteiger partial charge in [-0.3, -0.25) is 4.79 Å². The maximum Gasteiger partial charge on any atom is 0.232 e. The molecule has 1 amide bonds. The highest BCUT2D eigenvalue weighted by Crippen LogP contribution is 2.27. The molecule has 110 valence electrons. The van der Waals surface area contributed by atoms with Crippen LogP contribution in [0.1, 0.15) is 31.7 Å². The Kier molecular flexibility index (Phi) is 5.38. The van der Waals surface area contributed by atoms with Gasteiger partial charge in [-0.15, -0.1) is 0 Å². The Morgan fingerprint density at radius 3 is 2.38 bits per heavy atom. The van der Waals surface area contributed by atoms with Gasteiger partial charge in [0.05, 0.1) is 18.2 Å². The molecule has 21 heavy (non-hydrogen) atoms. The maximum atomic E-state index is 12.5. The largest absolute Gasteiger partial charge is 0.492 e. The standard InChI is InChI=1S/C18H21NO2/c1-3-15(14-10-6-5-7-11-14)18(20)19-16-12-8-9-13-17(16)21-4-2/h5-13,15H,3-4H2,1-2H3,(H,19,20)/t15-/m1/s1. The molecule has 0 bridgehead atoms. The van der Waals surface area contributed by atoms with Crippen molar-refractivity contribution in [1.29, 1.82) is 0 Å². The highest BCUT2D eigenvalue weighted by Gasteiger charge is 2.19. The second-order valence-corrected chi connectivity index (χ2v) is 4.79. The average molecular weight is 283 g/mol. The third kappa shape index (κ3) is 3.85. The van der Waals surface area contributed by atoms with E-state index in [4.69, 9.17) is 4.74 Å². The number of para-hydroxylation sites is 2. The summed E-state index contributed by atoms with van der Waals surface area (Å²) in [7, 11) is 0. The fourth-order valence-electron chi connectivity index (χ4n) is 2.33. The third-order valence-electron chi connectivity index (χ3n) is 3.37. The van der Waals surface area contributed by atoms with Crippen molar-refractivity contribution >= 4 is 11.6 Å². The van der Waals surface area contributed by atoms with Crippen molar-refractivity contribution in [3.05, 3.63) is 60.2 Å². The molecule has 0 aliphatic carbocycles. The lowest BCUT2D eigenvalue weighted by atomic mass is 9.95. The second-order valence-electron chi connectivity index (χ2n) is 4.79. The summed E-state index contributed by atoms with van der Waals surface area (Å²) >= 11 is 0. The van der Waals surface area contributed by atoms with E-state index >= 15 is 0 Å². The van der Waals surface area contributed by atoms with Crippen molar-refractivity contribution in [1.82, 2.24) is 0 Å². The molecular formula is C18H21NO2. The molecule has 0 saturated carbocycles. The number of hydrogen-bond donors (Lipinski definition) is 1. The van der Waals surface area contributed by atoms with Crippen LogP contribution in [0.15, 0.2) is 54.6 Å². The summed E-state index contributed by atoms with van der Waals surface area (Å²) in [4.78, 5) is 12.5. The minimum atomic E-state index is -0.152. The number of amides is 1. The van der Waals surface area contributed by atoms with Gasteiger partial charge in [-0.1, -0.05) is 49.4 Å². The average Bonchev–Trinajstić information content (AvgIpc) is 2.51. The van der Waals surface area contributed by atoms with Crippen LogP contribution in [0.5, 0.6) is 5.75 Å². The highest BCUT2D eigenvalue weighted by molar-refractivity contribution is 5.97. The van der Waals surface area contributed by atoms with Gasteiger partial charge >= 0.3 is 0 Å². The number of rotatable bonds is 6.